The second-order valence-corrected chi connectivity index (χ2v) is 11.3. The first-order valence-electron chi connectivity index (χ1n) is 13.2. The van der Waals surface area contributed by atoms with Crippen molar-refractivity contribution in [3.8, 4) is 0 Å². The normalized spacial score (nSPS) is 21.2. The lowest BCUT2D eigenvalue weighted by Crippen LogP contribution is -2.61. The molecule has 0 aromatic rings. The second-order valence-electron chi connectivity index (χ2n) is 9.99. The number of carbonyl (C=O) groups is 5. The molecular weight excluding hydrogens is 480 g/mol. The number of rotatable bonds is 16. The monoisotopic (exact) mass is 526 g/mol. The van der Waals surface area contributed by atoms with Gasteiger partial charge in [-0.3, -0.25) is 19.2 Å². The molecule has 0 aromatic heterocycles. The summed E-state index contributed by atoms with van der Waals surface area (Å²) in [5.74, 6) is 0.285. The van der Waals surface area contributed by atoms with E-state index in [1.165, 1.54) is 16.7 Å². The van der Waals surface area contributed by atoms with E-state index < -0.39 is 23.5 Å². The molecular formula is C26H46N4O5S. The molecule has 0 aromatic carbocycles. The van der Waals surface area contributed by atoms with E-state index in [0.29, 0.717) is 25.3 Å². The fourth-order valence-corrected chi connectivity index (χ4v) is 5.40. The van der Waals surface area contributed by atoms with Crippen LogP contribution in [0.1, 0.15) is 85.5 Å². The molecule has 4 atom stereocenters. The molecule has 4 unspecified atom stereocenters. The van der Waals surface area contributed by atoms with Crippen LogP contribution in [0.15, 0.2) is 0 Å². The highest BCUT2D eigenvalue weighted by atomic mass is 32.2. The summed E-state index contributed by atoms with van der Waals surface area (Å²) in [6.07, 6.45) is 7.88. The van der Waals surface area contributed by atoms with Gasteiger partial charge in [0.15, 0.2) is 5.12 Å². The molecule has 3 N–H and O–H groups in total. The first-order chi connectivity index (χ1) is 17.1. The molecule has 0 aliphatic heterocycles. The Morgan fingerprint density at radius 1 is 1.17 bits per heavy atom. The van der Waals surface area contributed by atoms with Crippen molar-refractivity contribution >= 4 is 40.9 Å². The van der Waals surface area contributed by atoms with Crippen molar-refractivity contribution in [1.29, 1.82) is 0 Å². The van der Waals surface area contributed by atoms with Crippen molar-refractivity contribution in [1.82, 2.24) is 20.9 Å². The van der Waals surface area contributed by atoms with Gasteiger partial charge < -0.3 is 25.6 Å². The smallest absolute Gasteiger partial charge is 0.245 e. The summed E-state index contributed by atoms with van der Waals surface area (Å²) in [5, 5.41) is 8.87. The predicted molar refractivity (Wildman–Crippen MR) is 144 cm³/mol. The molecule has 0 bridgehead atoms. The molecule has 1 aliphatic carbocycles. The van der Waals surface area contributed by atoms with Crippen LogP contribution in [0.25, 0.3) is 0 Å². The van der Waals surface area contributed by atoms with Crippen molar-refractivity contribution in [2.75, 3.05) is 25.9 Å². The van der Waals surface area contributed by atoms with Gasteiger partial charge in [-0.05, 0) is 52.0 Å². The van der Waals surface area contributed by atoms with Crippen LogP contribution in [0, 0.1) is 5.92 Å². The third kappa shape index (κ3) is 11.0. The largest absolute Gasteiger partial charge is 0.345 e. The zero-order valence-electron chi connectivity index (χ0n) is 22.7. The summed E-state index contributed by atoms with van der Waals surface area (Å²) in [4.78, 5) is 62.7. The number of nitrogens with zero attached hydrogens (tertiary/aromatic N) is 1. The molecule has 3 amide bonds. The van der Waals surface area contributed by atoms with Crippen molar-refractivity contribution < 1.29 is 24.0 Å². The topological polar surface area (TPSA) is 125 Å². The van der Waals surface area contributed by atoms with Gasteiger partial charge in [0, 0.05) is 19.2 Å². The van der Waals surface area contributed by atoms with Crippen LogP contribution in [0.2, 0.25) is 0 Å². The number of unbranched alkanes of at least 4 members (excludes halogenated alkanes) is 2. The van der Waals surface area contributed by atoms with Gasteiger partial charge in [0.1, 0.15) is 12.3 Å². The van der Waals surface area contributed by atoms with Gasteiger partial charge in [0.05, 0.1) is 18.1 Å². The summed E-state index contributed by atoms with van der Waals surface area (Å²) in [6, 6.07) is -1.38. The van der Waals surface area contributed by atoms with Gasteiger partial charge in [-0.1, -0.05) is 51.3 Å². The van der Waals surface area contributed by atoms with Gasteiger partial charge >= 0.3 is 0 Å². The van der Waals surface area contributed by atoms with Crippen LogP contribution < -0.4 is 16.0 Å². The van der Waals surface area contributed by atoms with E-state index in [-0.39, 0.29) is 23.5 Å². The van der Waals surface area contributed by atoms with E-state index in [1.54, 1.807) is 20.9 Å². The van der Waals surface area contributed by atoms with E-state index in [0.717, 1.165) is 57.0 Å². The molecule has 206 valence electrons. The Balaban J connectivity index is 2.61. The standard InChI is InChI=1S/C26H46N4O5S/c1-6-14-30(17-23(33)29-22(18-31)12-8-7-9-15-36-21(4)32)24(34)20(3)28-25(35)26(27-5)13-10-11-19(2)16-26/h18-20,22,27H,6-17H2,1-5H3,(H,28,35)(H,29,33). The van der Waals surface area contributed by atoms with Gasteiger partial charge in [-0.2, -0.15) is 0 Å². The molecule has 1 rings (SSSR count). The molecule has 36 heavy (non-hydrogen) atoms. The number of carbonyl (C=O) groups excluding carboxylic acids is 5. The van der Waals surface area contributed by atoms with Crippen LogP contribution in [0.3, 0.4) is 0 Å². The average molecular weight is 527 g/mol. The maximum Gasteiger partial charge on any atom is 0.245 e. The Kier molecular flexibility index (Phi) is 14.9. The number of thioether (sulfide) groups is 1. The minimum atomic E-state index is -0.769. The zero-order chi connectivity index (χ0) is 27.1. The molecule has 0 heterocycles. The maximum absolute atomic E-state index is 13.1. The fourth-order valence-electron chi connectivity index (χ4n) is 4.76. The number of likely N-dealkylation sites (N-methyl/N-ethyl adjacent to an activating group) is 1. The molecule has 9 nitrogen and oxygen atoms in total. The van der Waals surface area contributed by atoms with Crippen molar-refractivity contribution in [2.45, 2.75) is 103 Å². The Morgan fingerprint density at radius 3 is 2.47 bits per heavy atom. The Labute approximate surface area is 220 Å². The minimum absolute atomic E-state index is 0.0956. The SMILES string of the molecule is CCCN(CC(=O)NC(C=O)CCCCCSC(C)=O)C(=O)C(C)NC(=O)C1(NC)CCCC(C)C1. The number of nitrogens with one attached hydrogen (secondary N) is 3. The zero-order valence-corrected chi connectivity index (χ0v) is 23.5. The van der Waals surface area contributed by atoms with Gasteiger partial charge in [0.25, 0.3) is 0 Å². The Morgan fingerprint density at radius 2 is 1.89 bits per heavy atom. The summed E-state index contributed by atoms with van der Waals surface area (Å²) >= 11 is 1.29. The highest BCUT2D eigenvalue weighted by Crippen LogP contribution is 2.32. The lowest BCUT2D eigenvalue weighted by atomic mass is 9.75. The summed E-state index contributed by atoms with van der Waals surface area (Å²) < 4.78 is 0. The van der Waals surface area contributed by atoms with Gasteiger partial charge in [-0.25, -0.2) is 0 Å². The summed E-state index contributed by atoms with van der Waals surface area (Å²) in [7, 11) is 1.78. The maximum atomic E-state index is 13.1. The highest BCUT2D eigenvalue weighted by Gasteiger charge is 2.41. The minimum Gasteiger partial charge on any atom is -0.345 e. The molecule has 10 heteroatoms. The van der Waals surface area contributed by atoms with Gasteiger partial charge in [0.2, 0.25) is 17.7 Å². The van der Waals surface area contributed by atoms with Crippen LogP contribution >= 0.6 is 11.8 Å². The number of hydrogen-bond donors (Lipinski definition) is 3. The Hall–Kier alpha value is -1.94. The molecule has 1 aliphatic rings. The van der Waals surface area contributed by atoms with E-state index >= 15 is 0 Å². The molecule has 0 radical (unpaired) electrons. The van der Waals surface area contributed by atoms with Crippen molar-refractivity contribution in [3.05, 3.63) is 0 Å². The molecule has 1 fully saturated rings. The quantitative estimate of drug-likeness (QED) is 0.208. The van der Waals surface area contributed by atoms with Crippen molar-refractivity contribution in [2.24, 2.45) is 5.92 Å². The van der Waals surface area contributed by atoms with E-state index in [9.17, 15) is 24.0 Å². The number of hydrogen-bond acceptors (Lipinski definition) is 7. The lowest BCUT2D eigenvalue weighted by Gasteiger charge is -2.39. The predicted octanol–water partition coefficient (Wildman–Crippen LogP) is 2.42. The third-order valence-corrected chi connectivity index (χ3v) is 7.64. The highest BCUT2D eigenvalue weighted by molar-refractivity contribution is 8.13. The van der Waals surface area contributed by atoms with Crippen molar-refractivity contribution in [3.63, 3.8) is 0 Å². The fraction of sp³-hybridized carbons (Fsp3) is 0.808. The lowest BCUT2D eigenvalue weighted by molar-refractivity contribution is -0.140. The van der Waals surface area contributed by atoms with E-state index in [1.807, 2.05) is 6.92 Å². The molecule has 0 saturated heterocycles. The molecule has 0 spiro atoms. The second kappa shape index (κ2) is 16.7. The van der Waals surface area contributed by atoms with Crippen LogP contribution in [0.4, 0.5) is 0 Å². The van der Waals surface area contributed by atoms with Crippen LogP contribution in [-0.4, -0.2) is 77.5 Å². The third-order valence-electron chi connectivity index (χ3n) is 6.74. The Bertz CT molecular complexity index is 750. The number of aldehydes is 1. The average Bonchev–Trinajstić information content (AvgIpc) is 2.84. The van der Waals surface area contributed by atoms with Crippen LogP contribution in [0.5, 0.6) is 0 Å². The van der Waals surface area contributed by atoms with Gasteiger partial charge in [-0.15, -0.1) is 0 Å². The summed E-state index contributed by atoms with van der Waals surface area (Å²) in [6.45, 7) is 7.45. The first kappa shape index (κ1) is 32.1. The van der Waals surface area contributed by atoms with E-state index in [4.69, 9.17) is 0 Å². The summed E-state index contributed by atoms with van der Waals surface area (Å²) in [5.41, 5.74) is -0.679. The molecule has 1 saturated carbocycles. The van der Waals surface area contributed by atoms with E-state index in [2.05, 4.69) is 22.9 Å². The van der Waals surface area contributed by atoms with Crippen LogP contribution in [-0.2, 0) is 24.0 Å². The first-order valence-corrected chi connectivity index (χ1v) is 14.2. The number of amides is 3.